The van der Waals surface area contributed by atoms with Crippen molar-refractivity contribution >= 4 is 16.3 Å². The Bertz CT molecular complexity index is 1140. The number of hydrogen-bond donors (Lipinski definition) is 7. The van der Waals surface area contributed by atoms with Gasteiger partial charge in [0.1, 0.15) is 30.5 Å². The summed E-state index contributed by atoms with van der Waals surface area (Å²) in [4.78, 5) is 13.1. The summed E-state index contributed by atoms with van der Waals surface area (Å²) in [5, 5.41) is 55.2. The minimum atomic E-state index is -5.11. The number of ether oxygens (including phenoxy) is 2. The topological polar surface area (TPSA) is 212 Å². The Kier molecular flexibility index (Phi) is 32.2. The minimum Gasteiger partial charge on any atom is -0.394 e. The van der Waals surface area contributed by atoms with Gasteiger partial charge in [0.2, 0.25) is 5.91 Å². The second kappa shape index (κ2) is 34.3. The van der Waals surface area contributed by atoms with Crippen LogP contribution in [0.5, 0.6) is 0 Å². The molecular weight excluding hydrogens is 755 g/mol. The summed E-state index contributed by atoms with van der Waals surface area (Å²) in [6.07, 6.45) is 25.1. The Hall–Kier alpha value is -1.46. The SMILES string of the molecule is CCCCC/C=C\C=C/CCCCCCCCCCCC(O)C(=O)NC(COC1OC(CO)C(O)C(OS(=O)(=O)O)C1O)C(O)CCCCCCCCCCCC. The first-order valence-corrected chi connectivity index (χ1v) is 23.7. The summed E-state index contributed by atoms with van der Waals surface area (Å²) in [6.45, 7) is 3.21. The average molecular weight is 836 g/mol. The standard InChI is InChI=1S/C43H81NO12S/c1-3-5-7-9-11-13-15-16-17-18-19-20-21-22-24-26-28-30-32-37(47)42(50)44-35(36(46)31-29-27-25-23-14-12-10-8-6-4-2)34-54-43-40(49)41(56-57(51,52)53)39(48)38(33-45)55-43/h11,13,15-16,35-41,43,45-49H,3-10,12,14,17-34H2,1-2H3,(H,44,50)(H,51,52,53)/b13-11-,16-15-. The van der Waals surface area contributed by atoms with E-state index in [9.17, 15) is 38.7 Å². The van der Waals surface area contributed by atoms with Gasteiger partial charge in [-0.1, -0.05) is 167 Å². The molecule has 0 aromatic rings. The fourth-order valence-corrected chi connectivity index (χ4v) is 7.55. The van der Waals surface area contributed by atoms with E-state index in [1.54, 1.807) is 0 Å². The van der Waals surface area contributed by atoms with Gasteiger partial charge in [0, 0.05) is 0 Å². The summed E-state index contributed by atoms with van der Waals surface area (Å²) >= 11 is 0. The Morgan fingerprint density at radius 1 is 0.702 bits per heavy atom. The summed E-state index contributed by atoms with van der Waals surface area (Å²) in [5.41, 5.74) is 0. The third-order valence-electron chi connectivity index (χ3n) is 10.6. The van der Waals surface area contributed by atoms with E-state index in [2.05, 4.69) is 47.7 Å². The molecule has 0 aromatic carbocycles. The molecule has 1 rings (SSSR count). The minimum absolute atomic E-state index is 0.255. The molecule has 8 atom stereocenters. The number of aliphatic hydroxyl groups excluding tert-OH is 5. The first-order chi connectivity index (χ1) is 27.4. The van der Waals surface area contributed by atoms with Crippen molar-refractivity contribution < 1.29 is 57.0 Å². The average Bonchev–Trinajstić information content (AvgIpc) is 3.18. The van der Waals surface area contributed by atoms with Gasteiger partial charge in [0.05, 0.1) is 25.4 Å². The fourth-order valence-electron chi connectivity index (χ4n) is 7.04. The van der Waals surface area contributed by atoms with Gasteiger partial charge in [-0.25, -0.2) is 4.18 Å². The predicted octanol–water partition coefficient (Wildman–Crippen LogP) is 7.13. The predicted molar refractivity (Wildman–Crippen MR) is 224 cm³/mol. The van der Waals surface area contributed by atoms with Crippen molar-refractivity contribution in [3.8, 4) is 0 Å². The van der Waals surface area contributed by atoms with E-state index in [4.69, 9.17) is 14.0 Å². The molecule has 0 bridgehead atoms. The molecule has 0 saturated carbocycles. The lowest BCUT2D eigenvalue weighted by Crippen LogP contribution is -2.61. The van der Waals surface area contributed by atoms with Gasteiger partial charge in [-0.2, -0.15) is 8.42 Å². The van der Waals surface area contributed by atoms with E-state index in [0.29, 0.717) is 19.3 Å². The molecule has 14 heteroatoms. The summed E-state index contributed by atoms with van der Waals surface area (Å²) in [6, 6.07) is -1.03. The van der Waals surface area contributed by atoms with Gasteiger partial charge in [0.15, 0.2) is 6.29 Å². The molecule has 8 unspecified atom stereocenters. The highest BCUT2D eigenvalue weighted by Crippen LogP contribution is 2.26. The van der Waals surface area contributed by atoms with Gasteiger partial charge in [0.25, 0.3) is 0 Å². The summed E-state index contributed by atoms with van der Waals surface area (Å²) < 4.78 is 47.4. The first-order valence-electron chi connectivity index (χ1n) is 22.3. The van der Waals surface area contributed by atoms with Gasteiger partial charge in [-0.3, -0.25) is 9.35 Å². The lowest BCUT2D eigenvalue weighted by molar-refractivity contribution is -0.298. The van der Waals surface area contributed by atoms with Crippen LogP contribution in [-0.2, 0) is 28.9 Å². The van der Waals surface area contributed by atoms with E-state index in [0.717, 1.165) is 57.8 Å². The second-order valence-corrected chi connectivity index (χ2v) is 16.9. The zero-order chi connectivity index (χ0) is 42.2. The van der Waals surface area contributed by atoms with Crippen molar-refractivity contribution in [3.63, 3.8) is 0 Å². The molecule has 1 aliphatic rings. The molecule has 0 aromatic heterocycles. The Balaban J connectivity index is 2.54. The van der Waals surface area contributed by atoms with Crippen molar-refractivity contribution in [3.05, 3.63) is 24.3 Å². The largest absolute Gasteiger partial charge is 0.397 e. The second-order valence-electron chi connectivity index (χ2n) is 15.8. The molecule has 57 heavy (non-hydrogen) atoms. The number of hydrogen-bond acceptors (Lipinski definition) is 11. The number of rotatable bonds is 37. The highest BCUT2D eigenvalue weighted by molar-refractivity contribution is 7.80. The van der Waals surface area contributed by atoms with Gasteiger partial charge in [-0.05, 0) is 38.5 Å². The zero-order valence-corrected chi connectivity index (χ0v) is 36.1. The molecule has 0 spiro atoms. The molecule has 0 radical (unpaired) electrons. The number of allylic oxidation sites excluding steroid dienone is 4. The van der Waals surface area contributed by atoms with Gasteiger partial charge < -0.3 is 40.3 Å². The van der Waals surface area contributed by atoms with Crippen LogP contribution in [0, 0.1) is 0 Å². The third-order valence-corrected chi connectivity index (χ3v) is 11.1. The van der Waals surface area contributed by atoms with Gasteiger partial charge in [-0.15, -0.1) is 0 Å². The molecule has 1 heterocycles. The molecule has 13 nitrogen and oxygen atoms in total. The van der Waals surface area contributed by atoms with E-state index in [-0.39, 0.29) is 6.42 Å². The monoisotopic (exact) mass is 836 g/mol. The smallest absolute Gasteiger partial charge is 0.394 e. The highest BCUT2D eigenvalue weighted by atomic mass is 32.3. The maximum atomic E-state index is 13.1. The lowest BCUT2D eigenvalue weighted by Gasteiger charge is -2.41. The van der Waals surface area contributed by atoms with Crippen LogP contribution < -0.4 is 5.32 Å². The number of carbonyl (C=O) groups is 1. The molecule has 1 saturated heterocycles. The molecule has 0 aliphatic carbocycles. The molecule has 1 fully saturated rings. The quantitative estimate of drug-likeness (QED) is 0.0189. The summed E-state index contributed by atoms with van der Waals surface area (Å²) in [5.74, 6) is -0.676. The van der Waals surface area contributed by atoms with Crippen LogP contribution in [-0.4, -0.2) is 107 Å². The van der Waals surface area contributed by atoms with Crippen LogP contribution in [0.25, 0.3) is 0 Å². The molecule has 1 amide bonds. The normalized spacial score (nSPS) is 22.0. The van der Waals surface area contributed by atoms with Crippen molar-refractivity contribution in [1.82, 2.24) is 5.32 Å². The van der Waals surface area contributed by atoms with E-state index in [1.807, 2.05) is 0 Å². The van der Waals surface area contributed by atoms with Crippen LogP contribution in [0.2, 0.25) is 0 Å². The van der Waals surface area contributed by atoms with Gasteiger partial charge >= 0.3 is 10.4 Å². The highest BCUT2D eigenvalue weighted by Gasteiger charge is 2.48. The number of carbonyl (C=O) groups excluding carboxylic acids is 1. The lowest BCUT2D eigenvalue weighted by atomic mass is 9.99. The van der Waals surface area contributed by atoms with Crippen molar-refractivity contribution in [2.75, 3.05) is 13.2 Å². The van der Waals surface area contributed by atoms with Crippen molar-refractivity contribution in [1.29, 1.82) is 0 Å². The fraction of sp³-hybridized carbons (Fsp3) is 0.884. The molecule has 7 N–H and O–H groups in total. The number of aliphatic hydroxyl groups is 5. The molecular formula is C43H81NO12S. The van der Waals surface area contributed by atoms with Crippen LogP contribution in [0.1, 0.15) is 181 Å². The zero-order valence-electron chi connectivity index (χ0n) is 35.3. The van der Waals surface area contributed by atoms with Crippen LogP contribution in [0.3, 0.4) is 0 Å². The molecule has 1 aliphatic heterocycles. The number of amides is 1. The Labute approximate surface area is 345 Å². The van der Waals surface area contributed by atoms with E-state index in [1.165, 1.54) is 83.5 Å². The van der Waals surface area contributed by atoms with Crippen LogP contribution >= 0.6 is 0 Å². The van der Waals surface area contributed by atoms with Crippen molar-refractivity contribution in [2.45, 2.75) is 230 Å². The van der Waals surface area contributed by atoms with E-state index >= 15 is 0 Å². The maximum absolute atomic E-state index is 13.1. The van der Waals surface area contributed by atoms with Crippen LogP contribution in [0.15, 0.2) is 24.3 Å². The number of nitrogens with one attached hydrogen (secondary N) is 1. The Morgan fingerprint density at radius 3 is 1.67 bits per heavy atom. The van der Waals surface area contributed by atoms with Crippen LogP contribution in [0.4, 0.5) is 0 Å². The Morgan fingerprint density at radius 2 is 1.16 bits per heavy atom. The first kappa shape index (κ1) is 53.6. The van der Waals surface area contributed by atoms with Crippen molar-refractivity contribution in [2.24, 2.45) is 0 Å². The van der Waals surface area contributed by atoms with E-state index < -0.39 is 78.5 Å². The maximum Gasteiger partial charge on any atom is 0.397 e. The third kappa shape index (κ3) is 27.1. The molecule has 336 valence electrons. The number of unbranched alkanes of at least 4 members (excludes halogenated alkanes) is 21. The summed E-state index contributed by atoms with van der Waals surface area (Å²) in [7, 11) is -5.11.